The Balaban J connectivity index is 1.24. The SMILES string of the molecule is CCN(CC)CCOC(=O)c1ccc(/N=C(\C)[C@H]2CC[C@H]3[C@@H]4CCC5=CC(=O)CC[C@]5(C)[C@H]4CC[C@]23C)cc1. The van der Waals surface area contributed by atoms with Gasteiger partial charge in [0, 0.05) is 24.6 Å². The molecule has 1 aromatic carbocycles. The van der Waals surface area contributed by atoms with Crippen LogP contribution in [0.15, 0.2) is 40.9 Å². The van der Waals surface area contributed by atoms with Crippen molar-refractivity contribution in [1.29, 1.82) is 0 Å². The van der Waals surface area contributed by atoms with Crippen LogP contribution < -0.4 is 0 Å². The van der Waals surface area contributed by atoms with Crippen molar-refractivity contribution >= 4 is 23.2 Å². The van der Waals surface area contributed by atoms with E-state index < -0.39 is 0 Å². The van der Waals surface area contributed by atoms with Gasteiger partial charge in [-0.25, -0.2) is 4.79 Å². The molecule has 0 bridgehead atoms. The third-order valence-electron chi connectivity index (χ3n) is 11.4. The Kier molecular flexibility index (Phi) is 8.20. The number of allylic oxidation sites excluding steroid dienone is 1. The van der Waals surface area contributed by atoms with Gasteiger partial charge in [0.1, 0.15) is 6.61 Å². The summed E-state index contributed by atoms with van der Waals surface area (Å²) >= 11 is 0. The quantitative estimate of drug-likeness (QED) is 0.258. The van der Waals surface area contributed by atoms with Crippen LogP contribution in [0.3, 0.4) is 0 Å². The summed E-state index contributed by atoms with van der Waals surface area (Å²) in [6.45, 7) is 14.6. The Hall–Kier alpha value is -2.27. The fourth-order valence-electron chi connectivity index (χ4n) is 9.09. The highest BCUT2D eigenvalue weighted by atomic mass is 16.5. The second-order valence-corrected chi connectivity index (χ2v) is 13.1. The number of carbonyl (C=O) groups is 2. The van der Waals surface area contributed by atoms with Crippen molar-refractivity contribution in [2.45, 2.75) is 86.0 Å². The van der Waals surface area contributed by atoms with Gasteiger partial charge in [-0.05, 0) is 124 Å². The average molecular weight is 533 g/mol. The Morgan fingerprint density at radius 2 is 1.74 bits per heavy atom. The molecule has 0 aromatic heterocycles. The first-order valence-corrected chi connectivity index (χ1v) is 15.5. The van der Waals surface area contributed by atoms with Crippen LogP contribution in [0.5, 0.6) is 0 Å². The van der Waals surface area contributed by atoms with E-state index in [-0.39, 0.29) is 11.4 Å². The monoisotopic (exact) mass is 532 g/mol. The largest absolute Gasteiger partial charge is 0.461 e. The molecule has 0 saturated heterocycles. The molecule has 39 heavy (non-hydrogen) atoms. The molecular formula is C34H48N2O3. The van der Waals surface area contributed by atoms with E-state index in [0.717, 1.165) is 62.3 Å². The highest BCUT2D eigenvalue weighted by molar-refractivity contribution is 5.92. The highest BCUT2D eigenvalue weighted by Crippen LogP contribution is 2.66. The Morgan fingerprint density at radius 1 is 1.00 bits per heavy atom. The molecule has 4 aliphatic rings. The molecule has 0 amide bonds. The standard InChI is InChI=1S/C34H48N2O3/c1-6-36(7-2)20-21-39-32(38)24-8-11-26(12-9-24)35-23(3)29-14-15-30-28-13-10-25-22-27(37)16-18-33(25,4)31(28)17-19-34(29,30)5/h8-9,11-12,22,28-31H,6-7,10,13-21H2,1-5H3/b35-23+/t28-,29+,30-,31-,33-,34+/m0/s1. The van der Waals surface area contributed by atoms with Gasteiger partial charge in [-0.15, -0.1) is 0 Å². The number of hydrogen-bond acceptors (Lipinski definition) is 5. The van der Waals surface area contributed by atoms with Gasteiger partial charge in [0.2, 0.25) is 0 Å². The molecule has 6 atom stereocenters. The van der Waals surface area contributed by atoms with Gasteiger partial charge >= 0.3 is 5.97 Å². The number of carbonyl (C=O) groups excluding carboxylic acids is 2. The first-order valence-electron chi connectivity index (χ1n) is 15.5. The zero-order valence-corrected chi connectivity index (χ0v) is 24.8. The molecule has 5 nitrogen and oxygen atoms in total. The second kappa shape index (κ2) is 11.3. The number of hydrogen-bond donors (Lipinski definition) is 0. The van der Waals surface area contributed by atoms with Crippen molar-refractivity contribution in [3.05, 3.63) is 41.5 Å². The van der Waals surface area contributed by atoms with Crippen LogP contribution in [-0.2, 0) is 9.53 Å². The number of nitrogens with zero attached hydrogens (tertiary/aromatic N) is 2. The third kappa shape index (κ3) is 5.28. The smallest absolute Gasteiger partial charge is 0.338 e. The normalized spacial score (nSPS) is 34.3. The van der Waals surface area contributed by atoms with E-state index in [1.54, 1.807) is 0 Å². The van der Waals surface area contributed by atoms with Gasteiger partial charge in [-0.2, -0.15) is 0 Å². The molecule has 0 heterocycles. The maximum absolute atomic E-state index is 12.5. The van der Waals surface area contributed by atoms with E-state index in [9.17, 15) is 9.59 Å². The van der Waals surface area contributed by atoms with Crippen molar-refractivity contribution in [3.63, 3.8) is 0 Å². The fourth-order valence-corrected chi connectivity index (χ4v) is 9.09. The minimum absolute atomic E-state index is 0.230. The molecule has 0 aliphatic heterocycles. The van der Waals surface area contributed by atoms with Crippen LogP contribution in [-0.4, -0.2) is 48.6 Å². The Morgan fingerprint density at radius 3 is 2.46 bits per heavy atom. The summed E-state index contributed by atoms with van der Waals surface area (Å²) in [5.41, 5.74) is 4.71. The maximum atomic E-state index is 12.5. The topological polar surface area (TPSA) is 59.0 Å². The van der Waals surface area contributed by atoms with Crippen molar-refractivity contribution in [2.75, 3.05) is 26.2 Å². The van der Waals surface area contributed by atoms with E-state index in [4.69, 9.17) is 9.73 Å². The summed E-state index contributed by atoms with van der Waals surface area (Å²) in [5, 5.41) is 0. The summed E-state index contributed by atoms with van der Waals surface area (Å²) in [5.74, 6) is 2.82. The van der Waals surface area contributed by atoms with Gasteiger partial charge in [-0.3, -0.25) is 9.79 Å². The van der Waals surface area contributed by atoms with Gasteiger partial charge < -0.3 is 9.64 Å². The summed E-state index contributed by atoms with van der Waals surface area (Å²) in [7, 11) is 0. The zero-order chi connectivity index (χ0) is 27.8. The predicted octanol–water partition coefficient (Wildman–Crippen LogP) is 7.43. The van der Waals surface area contributed by atoms with Crippen LogP contribution in [0.4, 0.5) is 5.69 Å². The number of rotatable bonds is 8. The van der Waals surface area contributed by atoms with E-state index in [2.05, 4.69) is 39.5 Å². The summed E-state index contributed by atoms with van der Waals surface area (Å²) < 4.78 is 5.49. The van der Waals surface area contributed by atoms with Crippen LogP contribution >= 0.6 is 0 Å². The molecule has 3 fully saturated rings. The molecule has 5 rings (SSSR count). The van der Waals surface area contributed by atoms with Crippen LogP contribution in [0, 0.1) is 34.5 Å². The lowest BCUT2D eigenvalue weighted by molar-refractivity contribution is -0.117. The van der Waals surface area contributed by atoms with Crippen LogP contribution in [0.1, 0.15) is 96.3 Å². The number of ketones is 1. The van der Waals surface area contributed by atoms with E-state index in [1.807, 2.05) is 30.3 Å². The molecular weight excluding hydrogens is 484 g/mol. The van der Waals surface area contributed by atoms with Crippen LogP contribution in [0.2, 0.25) is 0 Å². The molecule has 4 aliphatic carbocycles. The van der Waals surface area contributed by atoms with Gasteiger partial charge in [0.05, 0.1) is 11.3 Å². The molecule has 5 heteroatoms. The molecule has 0 spiro atoms. The zero-order valence-electron chi connectivity index (χ0n) is 24.8. The van der Waals surface area contributed by atoms with E-state index in [0.29, 0.717) is 29.3 Å². The van der Waals surface area contributed by atoms with Gasteiger partial charge in [0.15, 0.2) is 5.78 Å². The lowest BCUT2D eigenvalue weighted by Crippen LogP contribution is -2.51. The molecule has 0 N–H and O–H groups in total. The molecule has 212 valence electrons. The highest BCUT2D eigenvalue weighted by Gasteiger charge is 2.59. The van der Waals surface area contributed by atoms with Crippen molar-refractivity contribution < 1.29 is 14.3 Å². The number of ether oxygens (including phenoxy) is 1. The number of esters is 1. The third-order valence-corrected chi connectivity index (χ3v) is 11.4. The number of likely N-dealkylation sites (N-methyl/N-ethyl adjacent to an activating group) is 1. The number of benzene rings is 1. The molecule has 3 saturated carbocycles. The lowest BCUT2D eigenvalue weighted by atomic mass is 9.46. The van der Waals surface area contributed by atoms with Crippen LogP contribution in [0.25, 0.3) is 0 Å². The molecule has 1 aromatic rings. The van der Waals surface area contributed by atoms with E-state index >= 15 is 0 Å². The first kappa shape index (κ1) is 28.3. The average Bonchev–Trinajstić information content (AvgIpc) is 3.29. The lowest BCUT2D eigenvalue weighted by Gasteiger charge is -2.58. The minimum Gasteiger partial charge on any atom is -0.461 e. The second-order valence-electron chi connectivity index (χ2n) is 13.1. The van der Waals surface area contributed by atoms with Gasteiger partial charge in [0.25, 0.3) is 0 Å². The summed E-state index contributed by atoms with van der Waals surface area (Å²) in [6.07, 6.45) is 11.2. The van der Waals surface area contributed by atoms with Crippen molar-refractivity contribution in [3.8, 4) is 0 Å². The first-order chi connectivity index (χ1) is 18.7. The minimum atomic E-state index is -0.265. The summed E-state index contributed by atoms with van der Waals surface area (Å²) in [6, 6.07) is 7.60. The van der Waals surface area contributed by atoms with E-state index in [1.165, 1.54) is 43.4 Å². The Bertz CT molecular complexity index is 1130. The number of fused-ring (bicyclic) bond motifs is 5. The molecule has 0 radical (unpaired) electrons. The van der Waals surface area contributed by atoms with Crippen molar-refractivity contribution in [2.24, 2.45) is 39.5 Å². The maximum Gasteiger partial charge on any atom is 0.338 e. The fraction of sp³-hybridized carbons (Fsp3) is 0.676. The van der Waals surface area contributed by atoms with Crippen molar-refractivity contribution in [1.82, 2.24) is 4.90 Å². The molecule has 0 unspecified atom stereocenters. The van der Waals surface area contributed by atoms with Gasteiger partial charge in [-0.1, -0.05) is 33.3 Å². The Labute approximate surface area is 235 Å². The summed E-state index contributed by atoms with van der Waals surface area (Å²) in [4.78, 5) is 32.0. The number of aliphatic imine (C=N–C) groups is 1. The predicted molar refractivity (Wildman–Crippen MR) is 157 cm³/mol.